The van der Waals surface area contributed by atoms with Crippen LogP contribution < -0.4 is 10.1 Å². The Kier molecular flexibility index (Phi) is 5.94. The van der Waals surface area contributed by atoms with Crippen molar-refractivity contribution in [2.24, 2.45) is 0 Å². The summed E-state index contributed by atoms with van der Waals surface area (Å²) < 4.78 is 55.4. The highest BCUT2D eigenvalue weighted by molar-refractivity contribution is 8.00. The largest absolute Gasteiger partial charge is 0.494 e. The van der Waals surface area contributed by atoms with Crippen molar-refractivity contribution in [1.82, 2.24) is 5.32 Å². The summed E-state index contributed by atoms with van der Waals surface area (Å²) in [6.45, 7) is 1.67. The number of thioether (sulfide) groups is 1. The SMILES string of the molecule is COc1ccc([C@@H](C)NC(=O)c2ccc(SC(F)(F)F)cc2)cc1F. The molecule has 0 spiro atoms. The van der Waals surface area contributed by atoms with Crippen molar-refractivity contribution in [1.29, 1.82) is 0 Å². The van der Waals surface area contributed by atoms with Gasteiger partial charge in [-0.25, -0.2) is 4.39 Å². The van der Waals surface area contributed by atoms with Crippen molar-refractivity contribution in [3.8, 4) is 5.75 Å². The van der Waals surface area contributed by atoms with E-state index in [0.29, 0.717) is 5.56 Å². The Hall–Kier alpha value is -2.22. The van der Waals surface area contributed by atoms with Crippen LogP contribution in [0.4, 0.5) is 17.6 Å². The third-order valence-corrected chi connectivity index (χ3v) is 4.11. The summed E-state index contributed by atoms with van der Waals surface area (Å²) in [6, 6.07) is 8.92. The average molecular weight is 373 g/mol. The molecule has 8 heteroatoms. The van der Waals surface area contributed by atoms with Crippen LogP contribution in [0.25, 0.3) is 0 Å². The molecular weight excluding hydrogens is 358 g/mol. The molecule has 0 aliphatic carbocycles. The molecule has 0 saturated carbocycles. The molecular formula is C17H15F4NO2S. The molecule has 0 unspecified atom stereocenters. The maximum absolute atomic E-state index is 13.7. The Morgan fingerprint density at radius 3 is 2.32 bits per heavy atom. The first kappa shape index (κ1) is 19.1. The number of ether oxygens (including phenoxy) is 1. The maximum atomic E-state index is 13.7. The van der Waals surface area contributed by atoms with E-state index in [9.17, 15) is 22.4 Å². The van der Waals surface area contributed by atoms with Gasteiger partial charge < -0.3 is 10.1 Å². The summed E-state index contributed by atoms with van der Waals surface area (Å²) in [6.07, 6.45) is 0. The normalized spacial score (nSPS) is 12.6. The summed E-state index contributed by atoms with van der Waals surface area (Å²) in [5, 5.41) is 2.67. The van der Waals surface area contributed by atoms with E-state index in [1.807, 2.05) is 0 Å². The fraction of sp³-hybridized carbons (Fsp3) is 0.235. The molecule has 3 nitrogen and oxygen atoms in total. The molecule has 0 saturated heterocycles. The van der Waals surface area contributed by atoms with Crippen LogP contribution >= 0.6 is 11.8 Å². The molecule has 0 aliphatic rings. The minimum Gasteiger partial charge on any atom is -0.494 e. The second-order valence-corrected chi connectivity index (χ2v) is 6.30. The highest BCUT2D eigenvalue weighted by Crippen LogP contribution is 2.36. The van der Waals surface area contributed by atoms with Gasteiger partial charge in [-0.05, 0) is 60.6 Å². The third kappa shape index (κ3) is 5.38. The van der Waals surface area contributed by atoms with Crippen molar-refractivity contribution in [2.75, 3.05) is 7.11 Å². The number of carbonyl (C=O) groups is 1. The Balaban J connectivity index is 2.04. The number of alkyl halides is 3. The van der Waals surface area contributed by atoms with E-state index in [0.717, 1.165) is 0 Å². The van der Waals surface area contributed by atoms with Crippen LogP contribution in [-0.4, -0.2) is 18.5 Å². The summed E-state index contributed by atoms with van der Waals surface area (Å²) in [7, 11) is 1.35. The average Bonchev–Trinajstić information content (AvgIpc) is 2.53. The zero-order chi connectivity index (χ0) is 18.6. The van der Waals surface area contributed by atoms with Gasteiger partial charge in [0.1, 0.15) is 0 Å². The second kappa shape index (κ2) is 7.77. The number of carbonyl (C=O) groups excluding carboxylic acids is 1. The highest BCUT2D eigenvalue weighted by atomic mass is 32.2. The topological polar surface area (TPSA) is 38.3 Å². The van der Waals surface area contributed by atoms with Gasteiger partial charge in [0.05, 0.1) is 13.2 Å². The minimum atomic E-state index is -4.38. The molecule has 1 atom stereocenters. The molecule has 0 fully saturated rings. The van der Waals surface area contributed by atoms with Crippen LogP contribution in [-0.2, 0) is 0 Å². The molecule has 1 amide bonds. The van der Waals surface area contributed by atoms with Crippen molar-refractivity contribution < 1.29 is 27.1 Å². The lowest BCUT2D eigenvalue weighted by molar-refractivity contribution is -0.0328. The number of methoxy groups -OCH3 is 1. The number of halogens is 4. The van der Waals surface area contributed by atoms with Crippen LogP contribution in [0, 0.1) is 5.82 Å². The van der Waals surface area contributed by atoms with Crippen molar-refractivity contribution >= 4 is 17.7 Å². The lowest BCUT2D eigenvalue weighted by Gasteiger charge is -2.15. The first-order valence-corrected chi connectivity index (χ1v) is 8.01. The molecule has 0 aromatic heterocycles. The predicted molar refractivity (Wildman–Crippen MR) is 87.2 cm³/mol. The Labute approximate surface area is 146 Å². The Bertz CT molecular complexity index is 747. The van der Waals surface area contributed by atoms with Gasteiger partial charge in [-0.2, -0.15) is 13.2 Å². The van der Waals surface area contributed by atoms with Crippen molar-refractivity contribution in [2.45, 2.75) is 23.4 Å². The van der Waals surface area contributed by atoms with Crippen LogP contribution in [0.15, 0.2) is 47.4 Å². The molecule has 2 aromatic carbocycles. The van der Waals surface area contributed by atoms with Gasteiger partial charge in [-0.15, -0.1) is 0 Å². The molecule has 0 heterocycles. The number of amides is 1. The van der Waals surface area contributed by atoms with Crippen molar-refractivity contribution in [3.05, 3.63) is 59.4 Å². The van der Waals surface area contributed by atoms with E-state index < -0.39 is 23.3 Å². The van der Waals surface area contributed by atoms with Gasteiger partial charge in [0.2, 0.25) is 0 Å². The summed E-state index contributed by atoms with van der Waals surface area (Å²) >= 11 is -0.248. The Morgan fingerprint density at radius 2 is 1.80 bits per heavy atom. The maximum Gasteiger partial charge on any atom is 0.446 e. The standard InChI is InChI=1S/C17H15F4NO2S/c1-10(12-5-8-15(24-2)14(18)9-12)22-16(23)11-3-6-13(7-4-11)25-17(19,20)21/h3-10H,1-2H3,(H,22,23)/t10-/m1/s1. The fourth-order valence-corrected chi connectivity index (χ4v) is 2.66. The van der Waals surface area contributed by atoms with Crippen molar-refractivity contribution in [3.63, 3.8) is 0 Å². The molecule has 2 rings (SSSR count). The smallest absolute Gasteiger partial charge is 0.446 e. The van der Waals surface area contributed by atoms with E-state index in [1.165, 1.54) is 43.5 Å². The van der Waals surface area contributed by atoms with Crippen LogP contribution in [0.2, 0.25) is 0 Å². The first-order chi connectivity index (χ1) is 11.7. The molecule has 134 valence electrons. The molecule has 0 radical (unpaired) electrons. The molecule has 25 heavy (non-hydrogen) atoms. The van der Waals surface area contributed by atoms with Gasteiger partial charge in [-0.3, -0.25) is 4.79 Å². The van der Waals surface area contributed by atoms with Gasteiger partial charge in [0.25, 0.3) is 5.91 Å². The monoisotopic (exact) mass is 373 g/mol. The zero-order valence-electron chi connectivity index (χ0n) is 13.4. The number of benzene rings is 2. The Morgan fingerprint density at radius 1 is 1.16 bits per heavy atom. The van der Waals surface area contributed by atoms with Gasteiger partial charge >= 0.3 is 5.51 Å². The van der Waals surface area contributed by atoms with E-state index in [-0.39, 0.29) is 28.0 Å². The fourth-order valence-electron chi connectivity index (χ4n) is 2.12. The predicted octanol–water partition coefficient (Wildman–Crippen LogP) is 4.94. The number of rotatable bonds is 5. The molecule has 0 aliphatic heterocycles. The van der Waals surface area contributed by atoms with Gasteiger partial charge in [0, 0.05) is 10.5 Å². The lowest BCUT2D eigenvalue weighted by atomic mass is 10.1. The lowest BCUT2D eigenvalue weighted by Crippen LogP contribution is -2.26. The number of hydrogen-bond donors (Lipinski definition) is 1. The number of hydrogen-bond acceptors (Lipinski definition) is 3. The van der Waals surface area contributed by atoms with E-state index in [1.54, 1.807) is 13.0 Å². The van der Waals surface area contributed by atoms with Gasteiger partial charge in [-0.1, -0.05) is 6.07 Å². The quantitative estimate of drug-likeness (QED) is 0.596. The molecule has 2 aromatic rings. The van der Waals surface area contributed by atoms with E-state index in [4.69, 9.17) is 4.74 Å². The summed E-state index contributed by atoms with van der Waals surface area (Å²) in [5.41, 5.74) is -3.63. The second-order valence-electron chi connectivity index (χ2n) is 5.16. The minimum absolute atomic E-state index is 0.00526. The highest BCUT2D eigenvalue weighted by Gasteiger charge is 2.29. The van der Waals surface area contributed by atoms with Gasteiger partial charge in [0.15, 0.2) is 11.6 Å². The molecule has 0 bridgehead atoms. The third-order valence-electron chi connectivity index (χ3n) is 3.37. The number of nitrogens with one attached hydrogen (secondary N) is 1. The summed E-state index contributed by atoms with van der Waals surface area (Å²) in [5.74, 6) is -0.915. The van der Waals surface area contributed by atoms with Crippen LogP contribution in [0.1, 0.15) is 28.9 Å². The first-order valence-electron chi connectivity index (χ1n) is 7.19. The van der Waals surface area contributed by atoms with Crippen LogP contribution in [0.3, 0.4) is 0 Å². The summed E-state index contributed by atoms with van der Waals surface area (Å²) in [4.78, 5) is 12.2. The van der Waals surface area contributed by atoms with E-state index >= 15 is 0 Å². The zero-order valence-corrected chi connectivity index (χ0v) is 14.2. The van der Waals surface area contributed by atoms with Crippen LogP contribution in [0.5, 0.6) is 5.75 Å². The van der Waals surface area contributed by atoms with E-state index in [2.05, 4.69) is 5.32 Å². The molecule has 1 N–H and O–H groups in total.